The lowest BCUT2D eigenvalue weighted by Crippen LogP contribution is -2.47. The molecular formula is C17H24ClN7O. The molecule has 2 N–H and O–H groups in total. The molecule has 2 aromatic rings. The average molecular weight is 378 g/mol. The second kappa shape index (κ2) is 8.95. The molecule has 26 heavy (non-hydrogen) atoms. The number of hydrogen-bond donors (Lipinski definition) is 2. The highest BCUT2D eigenvalue weighted by molar-refractivity contribution is 6.29. The number of halogens is 1. The number of ether oxygens (including phenoxy) is 1. The van der Waals surface area contributed by atoms with E-state index in [-0.39, 0.29) is 6.04 Å². The Kier molecular flexibility index (Phi) is 6.40. The first-order valence-corrected chi connectivity index (χ1v) is 9.12. The summed E-state index contributed by atoms with van der Waals surface area (Å²) in [6.45, 7) is 4.59. The molecule has 0 saturated carbocycles. The number of aromatic nitrogens is 4. The molecule has 1 unspecified atom stereocenters. The van der Waals surface area contributed by atoms with Gasteiger partial charge in [-0.15, -0.1) is 0 Å². The predicted octanol–water partition coefficient (Wildman–Crippen LogP) is 1.54. The van der Waals surface area contributed by atoms with Crippen molar-refractivity contribution in [2.75, 3.05) is 13.7 Å². The van der Waals surface area contributed by atoms with Gasteiger partial charge < -0.3 is 15.4 Å². The molecule has 140 valence electrons. The van der Waals surface area contributed by atoms with Crippen LogP contribution < -0.4 is 10.6 Å². The second-order valence-corrected chi connectivity index (χ2v) is 6.51. The monoisotopic (exact) mass is 377 g/mol. The Balaban J connectivity index is 1.62. The predicted molar refractivity (Wildman–Crippen MR) is 100 cm³/mol. The molecule has 3 rings (SSSR count). The number of nitrogens with one attached hydrogen (secondary N) is 2. The number of hydrogen-bond acceptors (Lipinski definition) is 5. The Morgan fingerprint density at radius 3 is 3.08 bits per heavy atom. The third-order valence-electron chi connectivity index (χ3n) is 4.07. The van der Waals surface area contributed by atoms with Crippen LogP contribution in [0.4, 0.5) is 0 Å². The van der Waals surface area contributed by atoms with E-state index in [2.05, 4.69) is 37.6 Å². The highest BCUT2D eigenvalue weighted by atomic mass is 35.5. The van der Waals surface area contributed by atoms with Crippen molar-refractivity contribution in [2.24, 2.45) is 4.99 Å². The Morgan fingerprint density at radius 2 is 2.35 bits per heavy atom. The van der Waals surface area contributed by atoms with Crippen molar-refractivity contribution < 1.29 is 4.74 Å². The van der Waals surface area contributed by atoms with Crippen LogP contribution in [0.25, 0.3) is 0 Å². The summed E-state index contributed by atoms with van der Waals surface area (Å²) in [5.41, 5.74) is 1.01. The molecule has 1 aliphatic rings. The zero-order valence-electron chi connectivity index (χ0n) is 15.1. The fourth-order valence-electron chi connectivity index (χ4n) is 2.85. The summed E-state index contributed by atoms with van der Waals surface area (Å²) < 4.78 is 7.07. The normalized spacial score (nSPS) is 17.0. The maximum Gasteiger partial charge on any atom is 0.191 e. The average Bonchev–Trinajstić information content (AvgIpc) is 3.03. The van der Waals surface area contributed by atoms with Crippen molar-refractivity contribution in [2.45, 2.75) is 45.5 Å². The Bertz CT molecular complexity index is 744. The number of rotatable bonds is 6. The summed E-state index contributed by atoms with van der Waals surface area (Å²) >= 11 is 5.82. The van der Waals surface area contributed by atoms with Crippen molar-refractivity contribution in [3.8, 4) is 0 Å². The first-order chi connectivity index (χ1) is 12.7. The summed E-state index contributed by atoms with van der Waals surface area (Å²) in [7, 11) is 1.65. The number of methoxy groups -OCH3 is 1. The van der Waals surface area contributed by atoms with Crippen LogP contribution in [0.5, 0.6) is 0 Å². The third kappa shape index (κ3) is 4.92. The molecule has 0 amide bonds. The van der Waals surface area contributed by atoms with Crippen LogP contribution in [0.3, 0.4) is 0 Å². The topological polar surface area (TPSA) is 89.2 Å². The number of fused-ring (bicyclic) bond motifs is 1. The van der Waals surface area contributed by atoms with Crippen molar-refractivity contribution in [1.29, 1.82) is 0 Å². The van der Waals surface area contributed by atoms with Crippen LogP contribution >= 0.6 is 11.6 Å². The van der Waals surface area contributed by atoms with E-state index >= 15 is 0 Å². The largest absolute Gasteiger partial charge is 0.377 e. The molecule has 0 aromatic carbocycles. The SMILES string of the molecule is CCNC(=NCc1ccc(Cl)nc1)NC1CCc2nc(COC)nn2C1. The maximum atomic E-state index is 5.82. The summed E-state index contributed by atoms with van der Waals surface area (Å²) in [6.07, 6.45) is 3.61. The van der Waals surface area contributed by atoms with Gasteiger partial charge in [0.1, 0.15) is 17.6 Å². The minimum absolute atomic E-state index is 0.251. The van der Waals surface area contributed by atoms with Crippen LogP contribution in [-0.2, 0) is 30.9 Å². The van der Waals surface area contributed by atoms with Crippen molar-refractivity contribution in [3.05, 3.63) is 40.7 Å². The van der Waals surface area contributed by atoms with Gasteiger partial charge in [-0.1, -0.05) is 17.7 Å². The lowest BCUT2D eigenvalue weighted by atomic mass is 10.1. The van der Waals surface area contributed by atoms with Crippen LogP contribution in [0.2, 0.25) is 5.15 Å². The van der Waals surface area contributed by atoms with Gasteiger partial charge in [0.15, 0.2) is 11.8 Å². The molecular weight excluding hydrogens is 354 g/mol. The molecule has 0 saturated heterocycles. The van der Waals surface area contributed by atoms with Gasteiger partial charge in [0.05, 0.1) is 13.1 Å². The van der Waals surface area contributed by atoms with E-state index in [9.17, 15) is 0 Å². The summed E-state index contributed by atoms with van der Waals surface area (Å²) in [4.78, 5) is 13.2. The fourth-order valence-corrected chi connectivity index (χ4v) is 2.96. The third-order valence-corrected chi connectivity index (χ3v) is 4.29. The van der Waals surface area contributed by atoms with Gasteiger partial charge in [0, 0.05) is 32.3 Å². The van der Waals surface area contributed by atoms with E-state index in [0.29, 0.717) is 18.3 Å². The molecule has 2 aromatic heterocycles. The first-order valence-electron chi connectivity index (χ1n) is 8.74. The van der Waals surface area contributed by atoms with Gasteiger partial charge in [-0.2, -0.15) is 5.10 Å². The summed E-state index contributed by atoms with van der Waals surface area (Å²) in [5.74, 6) is 2.54. The molecule has 1 aliphatic heterocycles. The molecule has 8 nitrogen and oxygen atoms in total. The Hall–Kier alpha value is -2.19. The highest BCUT2D eigenvalue weighted by Gasteiger charge is 2.22. The standard InChI is InChI=1S/C17H24ClN7O/c1-3-19-17(21-9-12-4-6-14(18)20-8-12)22-13-5-7-16-23-15(11-26-2)24-25(16)10-13/h4,6,8,13H,3,5,7,9-11H2,1-2H3,(H2,19,21,22). The number of nitrogens with zero attached hydrogens (tertiary/aromatic N) is 5. The van der Waals surface area contributed by atoms with E-state index in [1.54, 1.807) is 19.4 Å². The minimum atomic E-state index is 0.251. The van der Waals surface area contributed by atoms with Crippen molar-refractivity contribution in [3.63, 3.8) is 0 Å². The van der Waals surface area contributed by atoms with E-state index in [0.717, 1.165) is 49.1 Å². The molecule has 0 fully saturated rings. The van der Waals surface area contributed by atoms with Crippen LogP contribution in [0.15, 0.2) is 23.3 Å². The van der Waals surface area contributed by atoms with Crippen molar-refractivity contribution >= 4 is 17.6 Å². The van der Waals surface area contributed by atoms with E-state index in [1.165, 1.54) is 0 Å². The molecule has 9 heteroatoms. The first kappa shape index (κ1) is 18.6. The highest BCUT2D eigenvalue weighted by Crippen LogP contribution is 2.13. The quantitative estimate of drug-likeness (QED) is 0.451. The van der Waals surface area contributed by atoms with Gasteiger partial charge in [0.25, 0.3) is 0 Å². The lowest BCUT2D eigenvalue weighted by Gasteiger charge is -2.25. The Labute approximate surface area is 158 Å². The number of guanidine groups is 1. The van der Waals surface area contributed by atoms with Gasteiger partial charge in [-0.05, 0) is 25.0 Å². The smallest absolute Gasteiger partial charge is 0.191 e. The van der Waals surface area contributed by atoms with Crippen LogP contribution in [0.1, 0.15) is 30.6 Å². The second-order valence-electron chi connectivity index (χ2n) is 6.12. The maximum absolute atomic E-state index is 5.82. The molecule has 1 atom stereocenters. The fraction of sp³-hybridized carbons (Fsp3) is 0.529. The molecule has 0 aliphatic carbocycles. The molecule has 3 heterocycles. The van der Waals surface area contributed by atoms with Gasteiger partial charge in [-0.3, -0.25) is 0 Å². The number of aliphatic imine (C=N–C) groups is 1. The summed E-state index contributed by atoms with van der Waals surface area (Å²) in [5, 5.41) is 11.8. The Morgan fingerprint density at radius 1 is 1.46 bits per heavy atom. The summed E-state index contributed by atoms with van der Waals surface area (Å²) in [6, 6.07) is 3.96. The minimum Gasteiger partial charge on any atom is -0.377 e. The van der Waals surface area contributed by atoms with E-state index in [1.807, 2.05) is 10.7 Å². The van der Waals surface area contributed by atoms with E-state index in [4.69, 9.17) is 16.3 Å². The molecule has 0 spiro atoms. The lowest BCUT2D eigenvalue weighted by molar-refractivity contribution is 0.177. The van der Waals surface area contributed by atoms with Gasteiger partial charge in [-0.25, -0.2) is 19.6 Å². The molecule has 0 radical (unpaired) electrons. The van der Waals surface area contributed by atoms with Gasteiger partial charge >= 0.3 is 0 Å². The van der Waals surface area contributed by atoms with Crippen LogP contribution in [0, 0.1) is 0 Å². The van der Waals surface area contributed by atoms with Gasteiger partial charge in [0.2, 0.25) is 0 Å². The number of pyridine rings is 1. The van der Waals surface area contributed by atoms with Crippen LogP contribution in [-0.4, -0.2) is 45.4 Å². The number of aryl methyl sites for hydroxylation is 1. The van der Waals surface area contributed by atoms with E-state index < -0.39 is 0 Å². The molecule has 0 bridgehead atoms. The van der Waals surface area contributed by atoms with Crippen molar-refractivity contribution in [1.82, 2.24) is 30.4 Å². The zero-order chi connectivity index (χ0) is 18.4. The zero-order valence-corrected chi connectivity index (χ0v) is 15.8.